The van der Waals surface area contributed by atoms with Gasteiger partial charge in [0.2, 0.25) is 17.7 Å². The molecular weight excluding hydrogens is 264 g/mol. The van der Waals surface area contributed by atoms with Crippen LogP contribution in [0.5, 0.6) is 0 Å². The summed E-state index contributed by atoms with van der Waals surface area (Å²) in [6.07, 6.45) is 1.01. The van der Waals surface area contributed by atoms with Crippen LogP contribution in [0, 0.1) is 10.1 Å². The summed E-state index contributed by atoms with van der Waals surface area (Å²) in [5.41, 5.74) is 5.09. The van der Waals surface area contributed by atoms with Crippen molar-refractivity contribution in [2.75, 3.05) is 24.1 Å². The quantitative estimate of drug-likeness (QED) is 0.578. The Morgan fingerprint density at radius 2 is 2.15 bits per heavy atom. The molecule has 0 aromatic carbocycles. The summed E-state index contributed by atoms with van der Waals surface area (Å²) in [6, 6.07) is -0.650. The fraction of sp³-hybridized carbons (Fsp3) is 0.545. The molecule has 0 bridgehead atoms. The SMILES string of the molecule is CCN(CC)C(=O)C(C)Nc1nc(N)ncc1[N+](=O)[O-]. The Balaban J connectivity index is 2.95. The van der Waals surface area contributed by atoms with Gasteiger partial charge in [-0.2, -0.15) is 4.98 Å². The topological polar surface area (TPSA) is 127 Å². The van der Waals surface area contributed by atoms with Crippen molar-refractivity contribution in [1.82, 2.24) is 14.9 Å². The zero-order valence-corrected chi connectivity index (χ0v) is 11.7. The van der Waals surface area contributed by atoms with Gasteiger partial charge in [0.15, 0.2) is 0 Å². The molecule has 1 heterocycles. The van der Waals surface area contributed by atoms with Crippen LogP contribution in [0.15, 0.2) is 6.20 Å². The molecule has 0 saturated carbocycles. The van der Waals surface area contributed by atoms with Crippen LogP contribution in [0.1, 0.15) is 20.8 Å². The van der Waals surface area contributed by atoms with E-state index in [1.807, 2.05) is 13.8 Å². The summed E-state index contributed by atoms with van der Waals surface area (Å²) in [6.45, 7) is 6.46. The predicted octanol–water partition coefficient (Wildman–Crippen LogP) is 0.636. The maximum Gasteiger partial charge on any atom is 0.329 e. The normalized spacial score (nSPS) is 11.8. The first-order valence-corrected chi connectivity index (χ1v) is 6.22. The number of carbonyl (C=O) groups is 1. The molecule has 9 nitrogen and oxygen atoms in total. The van der Waals surface area contributed by atoms with Gasteiger partial charge in [-0.05, 0) is 20.8 Å². The summed E-state index contributed by atoms with van der Waals surface area (Å²) in [5.74, 6) is -0.322. The molecule has 0 fully saturated rings. The fourth-order valence-electron chi connectivity index (χ4n) is 1.70. The van der Waals surface area contributed by atoms with E-state index >= 15 is 0 Å². The molecule has 0 saturated heterocycles. The lowest BCUT2D eigenvalue weighted by Crippen LogP contribution is -2.41. The highest BCUT2D eigenvalue weighted by atomic mass is 16.6. The van der Waals surface area contributed by atoms with Crippen molar-refractivity contribution < 1.29 is 9.72 Å². The van der Waals surface area contributed by atoms with Gasteiger partial charge in [-0.25, -0.2) is 4.98 Å². The van der Waals surface area contributed by atoms with Gasteiger partial charge >= 0.3 is 5.69 Å². The summed E-state index contributed by atoms with van der Waals surface area (Å²) in [5, 5.41) is 13.6. The lowest BCUT2D eigenvalue weighted by Gasteiger charge is -2.23. The molecule has 20 heavy (non-hydrogen) atoms. The van der Waals surface area contributed by atoms with Gasteiger partial charge in [-0.1, -0.05) is 0 Å². The van der Waals surface area contributed by atoms with Crippen molar-refractivity contribution in [2.24, 2.45) is 0 Å². The smallest absolute Gasteiger partial charge is 0.329 e. The zero-order valence-electron chi connectivity index (χ0n) is 11.7. The largest absolute Gasteiger partial charge is 0.368 e. The molecule has 0 radical (unpaired) electrons. The third kappa shape index (κ3) is 3.53. The van der Waals surface area contributed by atoms with Crippen LogP contribution in [-0.4, -0.2) is 44.8 Å². The van der Waals surface area contributed by atoms with E-state index < -0.39 is 11.0 Å². The number of nitrogens with one attached hydrogen (secondary N) is 1. The third-order valence-electron chi connectivity index (χ3n) is 2.78. The van der Waals surface area contributed by atoms with Crippen molar-refractivity contribution in [3.8, 4) is 0 Å². The number of hydrogen-bond acceptors (Lipinski definition) is 7. The number of nitrogens with two attached hydrogens (primary N) is 1. The lowest BCUT2D eigenvalue weighted by atomic mass is 10.2. The van der Waals surface area contributed by atoms with Crippen molar-refractivity contribution in [3.63, 3.8) is 0 Å². The van der Waals surface area contributed by atoms with Crippen LogP contribution in [0.3, 0.4) is 0 Å². The first-order valence-electron chi connectivity index (χ1n) is 6.22. The number of likely N-dealkylation sites (N-methyl/N-ethyl adjacent to an activating group) is 1. The van der Waals surface area contributed by atoms with Gasteiger partial charge in [0.05, 0.1) is 4.92 Å². The molecule has 1 aromatic rings. The van der Waals surface area contributed by atoms with Crippen LogP contribution in [0.4, 0.5) is 17.5 Å². The second-order valence-electron chi connectivity index (χ2n) is 4.10. The molecule has 1 aromatic heterocycles. The van der Waals surface area contributed by atoms with Gasteiger partial charge in [-0.3, -0.25) is 14.9 Å². The number of nitro groups is 1. The number of aromatic nitrogens is 2. The number of nitrogen functional groups attached to an aromatic ring is 1. The average molecular weight is 282 g/mol. The van der Waals surface area contributed by atoms with E-state index in [9.17, 15) is 14.9 Å². The van der Waals surface area contributed by atoms with Crippen molar-refractivity contribution in [2.45, 2.75) is 26.8 Å². The van der Waals surface area contributed by atoms with E-state index in [-0.39, 0.29) is 23.4 Å². The average Bonchev–Trinajstić information content (AvgIpc) is 2.39. The second kappa shape index (κ2) is 6.64. The third-order valence-corrected chi connectivity index (χ3v) is 2.78. The summed E-state index contributed by atoms with van der Waals surface area (Å²) < 4.78 is 0. The van der Waals surface area contributed by atoms with Gasteiger partial charge in [0, 0.05) is 13.1 Å². The standard InChI is InChI=1S/C11H18N6O3/c1-4-16(5-2)10(18)7(3)14-9-8(17(19)20)6-13-11(12)15-9/h6-7H,4-5H2,1-3H3,(H3,12,13,14,15). The number of hydrogen-bond donors (Lipinski definition) is 2. The molecule has 1 unspecified atom stereocenters. The van der Waals surface area contributed by atoms with Crippen LogP contribution in [0.25, 0.3) is 0 Å². The van der Waals surface area contributed by atoms with E-state index in [4.69, 9.17) is 5.73 Å². The molecular formula is C11H18N6O3. The summed E-state index contributed by atoms with van der Waals surface area (Å²) in [4.78, 5) is 31.3. The van der Waals surface area contributed by atoms with Gasteiger partial charge in [-0.15, -0.1) is 0 Å². The first kappa shape index (κ1) is 15.6. The molecule has 1 amide bonds. The van der Waals surface area contributed by atoms with Crippen LogP contribution < -0.4 is 11.1 Å². The predicted molar refractivity (Wildman–Crippen MR) is 74.1 cm³/mol. The minimum atomic E-state index is -0.650. The fourth-order valence-corrected chi connectivity index (χ4v) is 1.70. The van der Waals surface area contributed by atoms with Crippen molar-refractivity contribution >= 4 is 23.4 Å². The highest BCUT2D eigenvalue weighted by molar-refractivity contribution is 5.84. The monoisotopic (exact) mass is 282 g/mol. The number of anilines is 2. The Morgan fingerprint density at radius 3 is 2.65 bits per heavy atom. The highest BCUT2D eigenvalue weighted by Crippen LogP contribution is 2.22. The maximum atomic E-state index is 12.1. The maximum absolute atomic E-state index is 12.1. The molecule has 3 N–H and O–H groups in total. The lowest BCUT2D eigenvalue weighted by molar-refractivity contribution is -0.384. The molecule has 1 atom stereocenters. The molecule has 0 aliphatic rings. The molecule has 0 aliphatic heterocycles. The van der Waals surface area contributed by atoms with Crippen molar-refractivity contribution in [3.05, 3.63) is 16.3 Å². The van der Waals surface area contributed by atoms with Crippen LogP contribution in [0.2, 0.25) is 0 Å². The van der Waals surface area contributed by atoms with E-state index in [1.165, 1.54) is 0 Å². The Hall–Kier alpha value is -2.45. The van der Waals surface area contributed by atoms with E-state index in [2.05, 4.69) is 15.3 Å². The van der Waals surface area contributed by atoms with Gasteiger partial charge < -0.3 is 16.0 Å². The Bertz CT molecular complexity index is 503. The van der Waals surface area contributed by atoms with Gasteiger partial charge in [0.25, 0.3) is 0 Å². The number of rotatable bonds is 6. The van der Waals surface area contributed by atoms with Crippen LogP contribution in [-0.2, 0) is 4.79 Å². The highest BCUT2D eigenvalue weighted by Gasteiger charge is 2.23. The number of carbonyl (C=O) groups excluding carboxylic acids is 1. The van der Waals surface area contributed by atoms with E-state index in [1.54, 1.807) is 11.8 Å². The number of nitrogens with zero attached hydrogens (tertiary/aromatic N) is 4. The first-order chi connectivity index (χ1) is 9.40. The van der Waals surface area contributed by atoms with E-state index in [0.717, 1.165) is 6.20 Å². The summed E-state index contributed by atoms with van der Waals surface area (Å²) >= 11 is 0. The molecule has 1 rings (SSSR count). The number of amides is 1. The van der Waals surface area contributed by atoms with Crippen molar-refractivity contribution in [1.29, 1.82) is 0 Å². The second-order valence-corrected chi connectivity index (χ2v) is 4.10. The molecule has 110 valence electrons. The van der Waals surface area contributed by atoms with Crippen LogP contribution >= 0.6 is 0 Å². The zero-order chi connectivity index (χ0) is 15.3. The minimum Gasteiger partial charge on any atom is -0.368 e. The molecule has 0 spiro atoms. The molecule has 9 heteroatoms. The van der Waals surface area contributed by atoms with Gasteiger partial charge in [0.1, 0.15) is 12.2 Å². The minimum absolute atomic E-state index is 0.0597. The molecule has 0 aliphatic carbocycles. The Labute approximate surface area is 116 Å². The summed E-state index contributed by atoms with van der Waals surface area (Å²) in [7, 11) is 0. The Kier molecular flexibility index (Phi) is 5.18. The Morgan fingerprint density at radius 1 is 1.55 bits per heavy atom. The van der Waals surface area contributed by atoms with E-state index in [0.29, 0.717) is 13.1 Å².